The molecule has 0 aromatic rings. The van der Waals surface area contributed by atoms with Crippen LogP contribution >= 0.6 is 0 Å². The summed E-state index contributed by atoms with van der Waals surface area (Å²) >= 11 is 0. The number of hydrogen-bond donors (Lipinski definition) is 3. The minimum Gasteiger partial charge on any atom is -0.461 e. The van der Waals surface area contributed by atoms with E-state index < -0.39 is 54.1 Å². The van der Waals surface area contributed by atoms with Crippen LogP contribution in [0.15, 0.2) is 12.2 Å². The predicted octanol–water partition coefficient (Wildman–Crippen LogP) is 2.10. The Labute approximate surface area is 168 Å². The zero-order valence-corrected chi connectivity index (χ0v) is 17.6. The van der Waals surface area contributed by atoms with E-state index in [4.69, 9.17) is 4.74 Å². The molecular weight excluding hydrogens is 360 g/mol. The third-order valence-corrected chi connectivity index (χ3v) is 6.78. The number of carbonyl (C=O) groups excluding carboxylic acids is 2. The van der Waals surface area contributed by atoms with E-state index in [-0.39, 0.29) is 17.6 Å². The zero-order valence-electron chi connectivity index (χ0n) is 17.6. The molecule has 6 heteroatoms. The molecule has 0 aromatic heterocycles. The lowest BCUT2D eigenvalue weighted by Gasteiger charge is -2.37. The van der Waals surface area contributed by atoms with Gasteiger partial charge in [-0.1, -0.05) is 39.8 Å². The van der Waals surface area contributed by atoms with Gasteiger partial charge in [-0.3, -0.25) is 9.59 Å². The molecule has 0 aromatic carbocycles. The van der Waals surface area contributed by atoms with Gasteiger partial charge >= 0.3 is 5.97 Å². The van der Waals surface area contributed by atoms with E-state index in [1.807, 2.05) is 26.0 Å². The summed E-state index contributed by atoms with van der Waals surface area (Å²) in [5, 5.41) is 32.2. The zero-order chi connectivity index (χ0) is 21.2. The van der Waals surface area contributed by atoms with Crippen molar-refractivity contribution in [2.24, 2.45) is 35.5 Å². The van der Waals surface area contributed by atoms with Crippen LogP contribution in [0, 0.1) is 35.5 Å². The van der Waals surface area contributed by atoms with Gasteiger partial charge in [-0.05, 0) is 32.1 Å². The van der Waals surface area contributed by atoms with Crippen molar-refractivity contribution in [3.8, 4) is 0 Å². The van der Waals surface area contributed by atoms with E-state index in [2.05, 4.69) is 0 Å². The molecule has 10 unspecified atom stereocenters. The largest absolute Gasteiger partial charge is 0.461 e. The van der Waals surface area contributed by atoms with Crippen LogP contribution in [0.1, 0.15) is 53.9 Å². The SMILES string of the molecule is CC1CC(C)C(O)C(C)C(O)C(C)C(=O)OC2CCC=CC2C(O)C(C)C1=O. The highest BCUT2D eigenvalue weighted by atomic mass is 16.5. The minimum absolute atomic E-state index is 0.0609. The molecule has 0 spiro atoms. The molecule has 0 saturated carbocycles. The lowest BCUT2D eigenvalue weighted by Crippen LogP contribution is -2.46. The van der Waals surface area contributed by atoms with Crippen molar-refractivity contribution < 1.29 is 29.6 Å². The van der Waals surface area contributed by atoms with Crippen LogP contribution < -0.4 is 0 Å². The average Bonchev–Trinajstić information content (AvgIpc) is 2.69. The first-order valence-corrected chi connectivity index (χ1v) is 10.5. The molecule has 1 aliphatic carbocycles. The molecule has 10 atom stereocenters. The van der Waals surface area contributed by atoms with Crippen LogP contribution in [-0.4, -0.2) is 51.5 Å². The van der Waals surface area contributed by atoms with Crippen LogP contribution in [0.3, 0.4) is 0 Å². The fraction of sp³-hybridized carbons (Fsp3) is 0.818. The Morgan fingerprint density at radius 1 is 0.929 bits per heavy atom. The molecular formula is C22H36O6. The number of hydrogen-bond acceptors (Lipinski definition) is 6. The Morgan fingerprint density at radius 3 is 2.21 bits per heavy atom. The van der Waals surface area contributed by atoms with Crippen LogP contribution in [0.4, 0.5) is 0 Å². The highest BCUT2D eigenvalue weighted by Crippen LogP contribution is 2.33. The van der Waals surface area contributed by atoms with Crippen LogP contribution in [0.25, 0.3) is 0 Å². The third kappa shape index (κ3) is 4.84. The first-order chi connectivity index (χ1) is 13.1. The van der Waals surface area contributed by atoms with Crippen LogP contribution in [0.2, 0.25) is 0 Å². The van der Waals surface area contributed by atoms with E-state index in [0.717, 1.165) is 6.42 Å². The Kier molecular flexibility index (Phi) is 7.82. The summed E-state index contributed by atoms with van der Waals surface area (Å²) in [5.41, 5.74) is 0. The van der Waals surface area contributed by atoms with Crippen molar-refractivity contribution in [1.82, 2.24) is 0 Å². The Hall–Kier alpha value is -1.24. The lowest BCUT2D eigenvalue weighted by molar-refractivity contribution is -0.165. The molecule has 3 N–H and O–H groups in total. The third-order valence-electron chi connectivity index (χ3n) is 6.78. The number of esters is 1. The fourth-order valence-electron chi connectivity index (χ4n) is 4.64. The van der Waals surface area contributed by atoms with Gasteiger partial charge in [-0.15, -0.1) is 0 Å². The summed E-state index contributed by atoms with van der Waals surface area (Å²) < 4.78 is 5.67. The number of Topliss-reactive ketones (excluding diaryl/α,β-unsaturated/α-hetero) is 1. The van der Waals surface area contributed by atoms with Gasteiger partial charge in [0.05, 0.1) is 24.2 Å². The Balaban J connectivity index is 2.36. The van der Waals surface area contributed by atoms with Crippen LogP contribution in [-0.2, 0) is 14.3 Å². The second-order valence-electron chi connectivity index (χ2n) is 8.98. The number of fused-ring (bicyclic) bond motifs is 1. The van der Waals surface area contributed by atoms with E-state index in [1.165, 1.54) is 0 Å². The predicted molar refractivity (Wildman–Crippen MR) is 105 cm³/mol. The number of aliphatic hydroxyl groups excluding tert-OH is 3. The topological polar surface area (TPSA) is 104 Å². The van der Waals surface area contributed by atoms with Crippen molar-refractivity contribution in [3.05, 3.63) is 12.2 Å². The maximum atomic E-state index is 12.9. The molecule has 2 rings (SSSR count). The molecule has 1 fully saturated rings. The molecule has 1 saturated heterocycles. The molecule has 1 heterocycles. The normalized spacial score (nSPS) is 46.4. The Bertz CT molecular complexity index is 588. The molecule has 1 aliphatic heterocycles. The summed E-state index contributed by atoms with van der Waals surface area (Å²) in [6.45, 7) is 8.69. The van der Waals surface area contributed by atoms with Crippen molar-refractivity contribution in [2.75, 3.05) is 0 Å². The lowest BCUT2D eigenvalue weighted by atomic mass is 9.76. The van der Waals surface area contributed by atoms with Crippen molar-refractivity contribution >= 4 is 11.8 Å². The average molecular weight is 397 g/mol. The summed E-state index contributed by atoms with van der Waals surface area (Å²) in [7, 11) is 0. The van der Waals surface area contributed by atoms with E-state index in [1.54, 1.807) is 20.8 Å². The first kappa shape index (κ1) is 23.0. The highest BCUT2D eigenvalue weighted by molar-refractivity contribution is 5.83. The quantitative estimate of drug-likeness (QED) is 0.428. The van der Waals surface area contributed by atoms with Gasteiger partial charge in [-0.2, -0.15) is 0 Å². The molecule has 28 heavy (non-hydrogen) atoms. The maximum Gasteiger partial charge on any atom is 0.311 e. The summed E-state index contributed by atoms with van der Waals surface area (Å²) in [6.07, 6.45) is 2.14. The van der Waals surface area contributed by atoms with Crippen molar-refractivity contribution in [3.63, 3.8) is 0 Å². The molecule has 160 valence electrons. The molecule has 6 nitrogen and oxygen atoms in total. The Morgan fingerprint density at radius 2 is 1.57 bits per heavy atom. The van der Waals surface area contributed by atoms with E-state index in [0.29, 0.717) is 12.8 Å². The standard InChI is InChI=1S/C22H36O6/c1-11-10-12(2)19(24)14(4)21(26)16-8-6-7-9-17(16)28-22(27)15(5)20(25)13(3)18(11)23/h6,8,11-18,20-21,23,25-26H,7,9-10H2,1-5H3. The molecule has 0 radical (unpaired) electrons. The number of allylic oxidation sites excluding steroid dienone is 1. The minimum atomic E-state index is -1.06. The number of ether oxygens (including phenoxy) is 1. The fourth-order valence-corrected chi connectivity index (χ4v) is 4.64. The molecule has 0 amide bonds. The summed E-state index contributed by atoms with van der Waals surface area (Å²) in [5.74, 6) is -3.54. The first-order valence-electron chi connectivity index (χ1n) is 10.5. The second kappa shape index (κ2) is 9.51. The number of ketones is 1. The maximum absolute atomic E-state index is 12.9. The summed E-state index contributed by atoms with van der Waals surface area (Å²) in [4.78, 5) is 25.5. The number of aliphatic hydroxyl groups is 3. The van der Waals surface area contributed by atoms with E-state index >= 15 is 0 Å². The van der Waals surface area contributed by atoms with Crippen LogP contribution in [0.5, 0.6) is 0 Å². The van der Waals surface area contributed by atoms with Gasteiger partial charge in [0.25, 0.3) is 0 Å². The highest BCUT2D eigenvalue weighted by Gasteiger charge is 2.41. The smallest absolute Gasteiger partial charge is 0.311 e. The monoisotopic (exact) mass is 396 g/mol. The van der Waals surface area contributed by atoms with Gasteiger partial charge in [0, 0.05) is 23.7 Å². The number of carbonyl (C=O) groups is 2. The van der Waals surface area contributed by atoms with Gasteiger partial charge in [0.2, 0.25) is 0 Å². The van der Waals surface area contributed by atoms with Crippen molar-refractivity contribution in [2.45, 2.75) is 78.3 Å². The number of rotatable bonds is 0. The van der Waals surface area contributed by atoms with Crippen molar-refractivity contribution in [1.29, 1.82) is 0 Å². The summed E-state index contributed by atoms with van der Waals surface area (Å²) in [6, 6.07) is 0. The van der Waals surface area contributed by atoms with Gasteiger partial charge in [-0.25, -0.2) is 0 Å². The molecule has 2 aliphatic rings. The van der Waals surface area contributed by atoms with E-state index in [9.17, 15) is 24.9 Å². The van der Waals surface area contributed by atoms with Gasteiger partial charge in [0.1, 0.15) is 11.9 Å². The van der Waals surface area contributed by atoms with Gasteiger partial charge < -0.3 is 20.1 Å². The van der Waals surface area contributed by atoms with Gasteiger partial charge in [0.15, 0.2) is 0 Å². The molecule has 0 bridgehead atoms. The second-order valence-corrected chi connectivity index (χ2v) is 8.98.